The number of aromatic nitrogens is 5. The van der Waals surface area contributed by atoms with E-state index in [1.165, 1.54) is 31.3 Å². The predicted molar refractivity (Wildman–Crippen MR) is 68.6 cm³/mol. The Hall–Kier alpha value is -2.16. The number of nitrogens with one attached hydrogen (secondary N) is 1. The largest absolute Gasteiger partial charge is 0.464 e. The highest BCUT2D eigenvalue weighted by Crippen LogP contribution is 2.37. The Morgan fingerprint density at radius 2 is 2.25 bits per heavy atom. The normalized spacial score (nSPS) is 14.2. The molecular formula is C11H11N5O3S. The number of esters is 1. The van der Waals surface area contributed by atoms with Gasteiger partial charge < -0.3 is 4.74 Å². The number of rotatable bonds is 4. The van der Waals surface area contributed by atoms with Gasteiger partial charge in [0.2, 0.25) is 0 Å². The summed E-state index contributed by atoms with van der Waals surface area (Å²) in [6.07, 6.45) is 4.76. The number of carbonyl (C=O) groups is 1. The molecule has 0 radical (unpaired) electrons. The lowest BCUT2D eigenvalue weighted by Crippen LogP contribution is -2.16. The molecule has 0 aromatic carbocycles. The molecule has 3 rings (SSSR count). The summed E-state index contributed by atoms with van der Waals surface area (Å²) in [5.41, 5.74) is -0.0763. The summed E-state index contributed by atoms with van der Waals surface area (Å²) in [7, 11) is 1.28. The number of hydrogen-bond donors (Lipinski definition) is 1. The van der Waals surface area contributed by atoms with Crippen LogP contribution >= 0.6 is 11.8 Å². The van der Waals surface area contributed by atoms with Crippen LogP contribution in [0.15, 0.2) is 27.4 Å². The number of aromatic amines is 1. The number of methoxy groups -OCH3 is 1. The van der Waals surface area contributed by atoms with Crippen LogP contribution in [0.4, 0.5) is 0 Å². The highest BCUT2D eigenvalue weighted by molar-refractivity contribution is 7.99. The monoisotopic (exact) mass is 293 g/mol. The third kappa shape index (κ3) is 2.44. The van der Waals surface area contributed by atoms with Crippen LogP contribution in [0.25, 0.3) is 0 Å². The minimum absolute atomic E-state index is 0.137. The van der Waals surface area contributed by atoms with Crippen molar-refractivity contribution in [2.45, 2.75) is 29.1 Å². The van der Waals surface area contributed by atoms with Gasteiger partial charge in [-0.3, -0.25) is 4.57 Å². The standard InChI is InChI=1S/C11H11N5O3S/c1-19-9(17)7-4-13-8(5-12-7)20-11-15-14-10(18)16(11)6-2-3-6/h4-6H,2-3H2,1H3,(H,14,18). The van der Waals surface area contributed by atoms with Crippen LogP contribution in [0, 0.1) is 0 Å². The van der Waals surface area contributed by atoms with Gasteiger partial charge in [0, 0.05) is 6.04 Å². The molecule has 1 N–H and O–H groups in total. The van der Waals surface area contributed by atoms with Crippen molar-refractivity contribution in [3.63, 3.8) is 0 Å². The smallest absolute Gasteiger partial charge is 0.358 e. The number of ether oxygens (including phenoxy) is 1. The Labute approximate surface area is 117 Å². The van der Waals surface area contributed by atoms with Gasteiger partial charge in [-0.25, -0.2) is 24.7 Å². The van der Waals surface area contributed by atoms with Crippen molar-refractivity contribution in [2.24, 2.45) is 0 Å². The second-order valence-corrected chi connectivity index (χ2v) is 5.23. The van der Waals surface area contributed by atoms with Crippen LogP contribution in [-0.2, 0) is 4.74 Å². The molecular weight excluding hydrogens is 282 g/mol. The molecule has 1 fully saturated rings. The highest BCUT2D eigenvalue weighted by Gasteiger charge is 2.28. The van der Waals surface area contributed by atoms with Gasteiger partial charge in [0.25, 0.3) is 0 Å². The molecule has 0 aliphatic heterocycles. The fourth-order valence-corrected chi connectivity index (χ4v) is 2.51. The zero-order chi connectivity index (χ0) is 14.1. The minimum Gasteiger partial charge on any atom is -0.464 e. The molecule has 2 aromatic heterocycles. The van der Waals surface area contributed by atoms with E-state index < -0.39 is 5.97 Å². The Kier molecular flexibility index (Phi) is 3.26. The van der Waals surface area contributed by atoms with Crippen molar-refractivity contribution in [2.75, 3.05) is 7.11 Å². The highest BCUT2D eigenvalue weighted by atomic mass is 32.2. The van der Waals surface area contributed by atoms with Gasteiger partial charge in [-0.2, -0.15) is 0 Å². The Bertz CT molecular complexity index is 689. The first-order chi connectivity index (χ1) is 9.69. The Balaban J connectivity index is 1.81. The van der Waals surface area contributed by atoms with E-state index in [4.69, 9.17) is 0 Å². The van der Waals surface area contributed by atoms with E-state index in [-0.39, 0.29) is 17.4 Å². The maximum absolute atomic E-state index is 11.6. The molecule has 1 aliphatic carbocycles. The quantitative estimate of drug-likeness (QED) is 0.825. The Morgan fingerprint density at radius 3 is 2.85 bits per heavy atom. The first-order valence-electron chi connectivity index (χ1n) is 5.94. The molecule has 2 heterocycles. The molecule has 0 spiro atoms. The molecule has 0 saturated heterocycles. The van der Waals surface area contributed by atoms with Gasteiger partial charge in [0.05, 0.1) is 19.5 Å². The first kappa shape index (κ1) is 12.9. The van der Waals surface area contributed by atoms with Crippen LogP contribution in [0.3, 0.4) is 0 Å². The number of H-pyrrole nitrogens is 1. The fraction of sp³-hybridized carbons (Fsp3) is 0.364. The second kappa shape index (κ2) is 5.08. The summed E-state index contributed by atoms with van der Waals surface area (Å²) in [5.74, 6) is -0.538. The molecule has 2 aromatic rings. The Morgan fingerprint density at radius 1 is 1.45 bits per heavy atom. The molecule has 0 unspecified atom stereocenters. The maximum Gasteiger partial charge on any atom is 0.358 e. The van der Waals surface area contributed by atoms with E-state index in [0.717, 1.165) is 12.8 Å². The summed E-state index contributed by atoms with van der Waals surface area (Å²) in [4.78, 5) is 30.9. The van der Waals surface area contributed by atoms with Crippen LogP contribution in [-0.4, -0.2) is 37.8 Å². The van der Waals surface area contributed by atoms with Crippen LogP contribution in [0.1, 0.15) is 29.4 Å². The zero-order valence-electron chi connectivity index (χ0n) is 10.6. The van der Waals surface area contributed by atoms with Gasteiger partial charge in [0.15, 0.2) is 10.9 Å². The molecule has 0 atom stereocenters. The zero-order valence-corrected chi connectivity index (χ0v) is 11.4. The molecule has 0 bridgehead atoms. The van der Waals surface area contributed by atoms with E-state index in [9.17, 15) is 9.59 Å². The van der Waals surface area contributed by atoms with E-state index in [2.05, 4.69) is 24.9 Å². The molecule has 1 aliphatic rings. The first-order valence-corrected chi connectivity index (χ1v) is 6.76. The van der Waals surface area contributed by atoms with Crippen LogP contribution in [0.5, 0.6) is 0 Å². The summed E-state index contributed by atoms with van der Waals surface area (Å²) < 4.78 is 6.17. The van der Waals surface area contributed by atoms with E-state index in [1.807, 2.05) is 0 Å². The van der Waals surface area contributed by atoms with Gasteiger partial charge >= 0.3 is 11.7 Å². The topological polar surface area (TPSA) is 103 Å². The minimum atomic E-state index is -0.538. The van der Waals surface area contributed by atoms with Crippen molar-refractivity contribution in [1.82, 2.24) is 24.7 Å². The van der Waals surface area contributed by atoms with Gasteiger partial charge in [-0.15, -0.1) is 5.10 Å². The van der Waals surface area contributed by atoms with Crippen LogP contribution in [0.2, 0.25) is 0 Å². The number of hydrogen-bond acceptors (Lipinski definition) is 7. The predicted octanol–water partition coefficient (Wildman–Crippen LogP) is 0.634. The maximum atomic E-state index is 11.6. The molecule has 20 heavy (non-hydrogen) atoms. The average Bonchev–Trinajstić information content (AvgIpc) is 3.24. The van der Waals surface area contributed by atoms with Gasteiger partial charge in [0.1, 0.15) is 5.03 Å². The molecule has 0 amide bonds. The SMILES string of the molecule is COC(=O)c1cnc(Sc2n[nH]c(=O)n2C2CC2)cn1. The van der Waals surface area contributed by atoms with Crippen molar-refractivity contribution in [3.8, 4) is 0 Å². The van der Waals surface area contributed by atoms with E-state index >= 15 is 0 Å². The van der Waals surface area contributed by atoms with Gasteiger partial charge in [-0.1, -0.05) is 0 Å². The van der Waals surface area contributed by atoms with Crippen molar-refractivity contribution >= 4 is 17.7 Å². The lowest BCUT2D eigenvalue weighted by atomic mass is 10.5. The van der Waals surface area contributed by atoms with Crippen molar-refractivity contribution in [3.05, 3.63) is 28.6 Å². The van der Waals surface area contributed by atoms with Crippen molar-refractivity contribution in [1.29, 1.82) is 0 Å². The summed E-state index contributed by atoms with van der Waals surface area (Å²) in [6, 6.07) is 0.228. The third-order valence-corrected chi connectivity index (χ3v) is 3.69. The van der Waals surface area contributed by atoms with Gasteiger partial charge in [-0.05, 0) is 24.6 Å². The number of carbonyl (C=O) groups excluding carboxylic acids is 1. The second-order valence-electron chi connectivity index (χ2n) is 4.25. The summed E-state index contributed by atoms with van der Waals surface area (Å²) in [5, 5.41) is 7.51. The van der Waals surface area contributed by atoms with Crippen molar-refractivity contribution < 1.29 is 9.53 Å². The lowest BCUT2D eigenvalue weighted by Gasteiger charge is -2.03. The fourth-order valence-electron chi connectivity index (χ4n) is 1.69. The molecule has 8 nitrogen and oxygen atoms in total. The average molecular weight is 293 g/mol. The molecule has 1 saturated carbocycles. The lowest BCUT2D eigenvalue weighted by molar-refractivity contribution is 0.0593. The summed E-state index contributed by atoms with van der Waals surface area (Å²) in [6.45, 7) is 0. The molecule has 9 heteroatoms. The molecule has 104 valence electrons. The third-order valence-electron chi connectivity index (χ3n) is 2.80. The van der Waals surface area contributed by atoms with E-state index in [1.54, 1.807) is 4.57 Å². The van der Waals surface area contributed by atoms with Crippen LogP contribution < -0.4 is 5.69 Å². The van der Waals surface area contributed by atoms with E-state index in [0.29, 0.717) is 10.2 Å². The summed E-state index contributed by atoms with van der Waals surface area (Å²) >= 11 is 1.23. The number of nitrogens with zero attached hydrogens (tertiary/aromatic N) is 4.